The largest absolute Gasteiger partial charge is 0.396 e. The molecule has 0 bridgehead atoms. The molecule has 3 N–H and O–H groups in total. The van der Waals surface area contributed by atoms with Crippen molar-refractivity contribution in [1.29, 1.82) is 0 Å². The van der Waals surface area contributed by atoms with Gasteiger partial charge in [-0.3, -0.25) is 9.59 Å². The van der Waals surface area contributed by atoms with Crippen molar-refractivity contribution >= 4 is 17.5 Å². The van der Waals surface area contributed by atoms with Crippen LogP contribution in [0.15, 0.2) is 24.3 Å². The van der Waals surface area contributed by atoms with E-state index < -0.39 is 11.8 Å². The molecule has 2 amide bonds. The van der Waals surface area contributed by atoms with E-state index in [1.54, 1.807) is 6.07 Å². The van der Waals surface area contributed by atoms with Crippen LogP contribution in [0.5, 0.6) is 0 Å². The monoisotopic (exact) mass is 320 g/mol. The van der Waals surface area contributed by atoms with Crippen molar-refractivity contribution in [3.8, 4) is 0 Å². The van der Waals surface area contributed by atoms with Crippen LogP contribution < -0.4 is 10.6 Å². The number of rotatable bonds is 7. The first-order valence-corrected chi connectivity index (χ1v) is 8.06. The molecule has 23 heavy (non-hydrogen) atoms. The summed E-state index contributed by atoms with van der Waals surface area (Å²) in [5.74, 6) is -1.03. The fraction of sp³-hybridized carbons (Fsp3) is 0.556. The SMILES string of the molecule is CC(C)c1ccccc1NC(=O)C(=O)NCCCC(C)(C)CO. The lowest BCUT2D eigenvalue weighted by molar-refractivity contribution is -0.136. The number of para-hydroxylation sites is 1. The lowest BCUT2D eigenvalue weighted by Crippen LogP contribution is -2.36. The van der Waals surface area contributed by atoms with E-state index in [-0.39, 0.29) is 17.9 Å². The van der Waals surface area contributed by atoms with E-state index in [9.17, 15) is 14.7 Å². The van der Waals surface area contributed by atoms with Crippen LogP contribution in [0.3, 0.4) is 0 Å². The number of nitrogens with one attached hydrogen (secondary N) is 2. The van der Waals surface area contributed by atoms with E-state index in [1.807, 2.05) is 45.9 Å². The molecule has 0 atom stereocenters. The van der Waals surface area contributed by atoms with Gasteiger partial charge in [0, 0.05) is 18.8 Å². The molecule has 0 saturated carbocycles. The fourth-order valence-electron chi connectivity index (χ4n) is 2.22. The number of benzene rings is 1. The van der Waals surface area contributed by atoms with E-state index in [0.29, 0.717) is 12.2 Å². The van der Waals surface area contributed by atoms with Gasteiger partial charge in [0.2, 0.25) is 0 Å². The molecule has 0 fully saturated rings. The summed E-state index contributed by atoms with van der Waals surface area (Å²) >= 11 is 0. The van der Waals surface area contributed by atoms with Crippen LogP contribution in [0.25, 0.3) is 0 Å². The van der Waals surface area contributed by atoms with Crippen LogP contribution in [-0.2, 0) is 9.59 Å². The molecule has 1 rings (SSSR count). The van der Waals surface area contributed by atoms with Gasteiger partial charge >= 0.3 is 11.8 Å². The minimum atomic E-state index is -0.653. The summed E-state index contributed by atoms with van der Waals surface area (Å²) < 4.78 is 0. The summed E-state index contributed by atoms with van der Waals surface area (Å²) in [6.07, 6.45) is 1.50. The van der Waals surface area contributed by atoms with Crippen LogP contribution in [0.2, 0.25) is 0 Å². The minimum absolute atomic E-state index is 0.105. The molecule has 0 saturated heterocycles. The Morgan fingerprint density at radius 1 is 1.17 bits per heavy atom. The van der Waals surface area contributed by atoms with Gasteiger partial charge in [0.1, 0.15) is 0 Å². The van der Waals surface area contributed by atoms with Gasteiger partial charge in [-0.2, -0.15) is 0 Å². The molecular weight excluding hydrogens is 292 g/mol. The predicted molar refractivity (Wildman–Crippen MR) is 92.3 cm³/mol. The molecule has 5 heteroatoms. The number of carbonyl (C=O) groups excluding carboxylic acids is 2. The zero-order valence-electron chi connectivity index (χ0n) is 14.5. The highest BCUT2D eigenvalue weighted by Gasteiger charge is 2.18. The normalized spacial score (nSPS) is 11.4. The van der Waals surface area contributed by atoms with Crippen LogP contribution in [0, 0.1) is 5.41 Å². The zero-order valence-corrected chi connectivity index (χ0v) is 14.5. The lowest BCUT2D eigenvalue weighted by Gasteiger charge is -2.21. The average Bonchev–Trinajstić information content (AvgIpc) is 2.51. The summed E-state index contributed by atoms with van der Waals surface area (Å²) in [5, 5.41) is 14.5. The van der Waals surface area contributed by atoms with Gasteiger partial charge in [0.15, 0.2) is 0 Å². The Kier molecular flexibility index (Phi) is 7.23. The van der Waals surface area contributed by atoms with Gasteiger partial charge in [0.25, 0.3) is 0 Å². The number of aliphatic hydroxyl groups is 1. The molecule has 0 unspecified atom stereocenters. The predicted octanol–water partition coefficient (Wildman–Crippen LogP) is 2.66. The maximum Gasteiger partial charge on any atom is 0.313 e. The smallest absolute Gasteiger partial charge is 0.313 e. The Labute approximate surface area is 138 Å². The molecule has 0 spiro atoms. The average molecular weight is 320 g/mol. The third-order valence-corrected chi connectivity index (χ3v) is 3.78. The molecule has 0 aliphatic rings. The van der Waals surface area contributed by atoms with Crippen molar-refractivity contribution in [3.63, 3.8) is 0 Å². The molecule has 5 nitrogen and oxygen atoms in total. The first kappa shape index (κ1) is 19.2. The number of hydrogen-bond acceptors (Lipinski definition) is 3. The van der Waals surface area contributed by atoms with Gasteiger partial charge in [0.05, 0.1) is 0 Å². The summed E-state index contributed by atoms with van der Waals surface area (Å²) in [4.78, 5) is 23.8. The second kappa shape index (κ2) is 8.67. The molecule has 0 radical (unpaired) electrons. The first-order valence-electron chi connectivity index (χ1n) is 8.06. The molecule has 0 aromatic heterocycles. The van der Waals surface area contributed by atoms with E-state index in [1.165, 1.54) is 0 Å². The lowest BCUT2D eigenvalue weighted by atomic mass is 9.89. The van der Waals surface area contributed by atoms with E-state index in [4.69, 9.17) is 0 Å². The third-order valence-electron chi connectivity index (χ3n) is 3.78. The number of amides is 2. The number of aliphatic hydroxyl groups excluding tert-OH is 1. The van der Waals surface area contributed by atoms with Crippen LogP contribution >= 0.6 is 0 Å². The van der Waals surface area contributed by atoms with E-state index >= 15 is 0 Å². The van der Waals surface area contributed by atoms with Crippen LogP contribution in [0.1, 0.15) is 52.0 Å². The minimum Gasteiger partial charge on any atom is -0.396 e. The van der Waals surface area contributed by atoms with E-state index in [0.717, 1.165) is 18.4 Å². The molecule has 0 heterocycles. The van der Waals surface area contributed by atoms with Gasteiger partial charge < -0.3 is 15.7 Å². The van der Waals surface area contributed by atoms with Crippen molar-refractivity contribution in [1.82, 2.24) is 5.32 Å². The Hall–Kier alpha value is -1.88. The molecular formula is C18H28N2O3. The molecule has 1 aromatic rings. The van der Waals surface area contributed by atoms with Gasteiger partial charge in [-0.25, -0.2) is 0 Å². The van der Waals surface area contributed by atoms with Gasteiger partial charge in [-0.15, -0.1) is 0 Å². The number of anilines is 1. The van der Waals surface area contributed by atoms with E-state index in [2.05, 4.69) is 10.6 Å². The van der Waals surface area contributed by atoms with Crippen molar-refractivity contribution < 1.29 is 14.7 Å². The standard InChI is InChI=1S/C18H28N2O3/c1-13(2)14-8-5-6-9-15(14)20-17(23)16(22)19-11-7-10-18(3,4)12-21/h5-6,8-9,13,21H,7,10-12H2,1-4H3,(H,19,22)(H,20,23). The summed E-state index contributed by atoms with van der Waals surface area (Å²) in [5.41, 5.74) is 1.51. The zero-order chi connectivity index (χ0) is 17.5. The van der Waals surface area contributed by atoms with Crippen LogP contribution in [0.4, 0.5) is 5.69 Å². The topological polar surface area (TPSA) is 78.4 Å². The molecule has 128 valence electrons. The second-order valence-corrected chi connectivity index (χ2v) is 6.88. The quantitative estimate of drug-likeness (QED) is 0.534. The molecule has 0 aliphatic carbocycles. The highest BCUT2D eigenvalue weighted by molar-refractivity contribution is 6.39. The summed E-state index contributed by atoms with van der Waals surface area (Å²) in [6, 6.07) is 7.48. The molecule has 1 aromatic carbocycles. The van der Waals surface area contributed by atoms with Crippen molar-refractivity contribution in [2.45, 2.75) is 46.5 Å². The summed E-state index contributed by atoms with van der Waals surface area (Å²) in [7, 11) is 0. The number of hydrogen-bond donors (Lipinski definition) is 3. The third kappa shape index (κ3) is 6.40. The molecule has 0 aliphatic heterocycles. The second-order valence-electron chi connectivity index (χ2n) is 6.88. The maximum atomic E-state index is 12.0. The Bertz CT molecular complexity index is 539. The fourth-order valence-corrected chi connectivity index (χ4v) is 2.22. The Balaban J connectivity index is 2.48. The number of carbonyl (C=O) groups is 2. The van der Waals surface area contributed by atoms with Crippen molar-refractivity contribution in [2.75, 3.05) is 18.5 Å². The first-order chi connectivity index (χ1) is 10.8. The van der Waals surface area contributed by atoms with Crippen LogP contribution in [-0.4, -0.2) is 30.1 Å². The Morgan fingerprint density at radius 2 is 1.83 bits per heavy atom. The van der Waals surface area contributed by atoms with Crippen molar-refractivity contribution in [3.05, 3.63) is 29.8 Å². The van der Waals surface area contributed by atoms with Gasteiger partial charge in [-0.05, 0) is 35.8 Å². The highest BCUT2D eigenvalue weighted by Crippen LogP contribution is 2.23. The summed E-state index contributed by atoms with van der Waals surface area (Å²) in [6.45, 7) is 8.52. The van der Waals surface area contributed by atoms with Gasteiger partial charge in [-0.1, -0.05) is 45.9 Å². The Morgan fingerprint density at radius 3 is 2.43 bits per heavy atom. The maximum absolute atomic E-state index is 12.0. The highest BCUT2D eigenvalue weighted by atomic mass is 16.3. The van der Waals surface area contributed by atoms with Crippen molar-refractivity contribution in [2.24, 2.45) is 5.41 Å².